The number of fused-ring (bicyclic) bond motifs is 1. The van der Waals surface area contributed by atoms with Crippen molar-refractivity contribution in [1.29, 1.82) is 0 Å². The second-order valence-electron chi connectivity index (χ2n) is 10.3. The smallest absolute Gasteiger partial charge is 0.219 e. The maximum Gasteiger partial charge on any atom is 0.219 e. The van der Waals surface area contributed by atoms with Crippen molar-refractivity contribution in [2.24, 2.45) is 4.99 Å². The number of carbonyl (C=O) groups excluding carboxylic acids is 1. The number of amides is 1. The number of benzene rings is 1. The van der Waals surface area contributed by atoms with E-state index in [0.717, 1.165) is 92.8 Å². The third kappa shape index (κ3) is 5.02. The van der Waals surface area contributed by atoms with Crippen molar-refractivity contribution in [3.63, 3.8) is 0 Å². The Bertz CT molecular complexity index is 1290. The average molecular weight is 521 g/mol. The van der Waals surface area contributed by atoms with Gasteiger partial charge in [0.25, 0.3) is 0 Å². The SMILES string of the molecule is CC(=O)N1CCN(CC[C@H](N=C2NC23CCN(c2ncnc4[nH]ccc24)CC3)c2ccc(Cl)cc2)CC1. The van der Waals surface area contributed by atoms with Gasteiger partial charge in [-0.1, -0.05) is 23.7 Å². The van der Waals surface area contributed by atoms with Gasteiger partial charge in [0, 0.05) is 64.0 Å². The number of amidine groups is 1. The van der Waals surface area contributed by atoms with Crippen LogP contribution >= 0.6 is 11.6 Å². The van der Waals surface area contributed by atoms with Crippen LogP contribution in [0.25, 0.3) is 11.0 Å². The molecule has 1 amide bonds. The highest BCUT2D eigenvalue weighted by Crippen LogP contribution is 2.38. The molecule has 0 aliphatic carbocycles. The summed E-state index contributed by atoms with van der Waals surface area (Å²) in [7, 11) is 0. The van der Waals surface area contributed by atoms with E-state index >= 15 is 0 Å². The topological polar surface area (TPSA) is 103 Å². The molecule has 194 valence electrons. The number of nitrogens with one attached hydrogen (secondary N) is 2. The molecule has 2 aromatic heterocycles. The van der Waals surface area contributed by atoms with Crippen LogP contribution in [0.3, 0.4) is 0 Å². The zero-order valence-electron chi connectivity index (χ0n) is 21.2. The average Bonchev–Trinajstić information content (AvgIpc) is 3.33. The number of carbonyl (C=O) groups is 1. The molecule has 37 heavy (non-hydrogen) atoms. The molecule has 3 saturated heterocycles. The van der Waals surface area contributed by atoms with E-state index in [1.165, 1.54) is 5.56 Å². The molecule has 1 atom stereocenters. The summed E-state index contributed by atoms with van der Waals surface area (Å²) in [6.07, 6.45) is 6.49. The summed E-state index contributed by atoms with van der Waals surface area (Å²) in [5.41, 5.74) is 2.07. The molecule has 3 fully saturated rings. The monoisotopic (exact) mass is 520 g/mol. The van der Waals surface area contributed by atoms with Crippen molar-refractivity contribution in [3.05, 3.63) is 53.4 Å². The number of piperidine rings is 1. The zero-order valence-corrected chi connectivity index (χ0v) is 21.9. The van der Waals surface area contributed by atoms with E-state index in [1.807, 2.05) is 29.3 Å². The highest BCUT2D eigenvalue weighted by molar-refractivity contribution is 6.30. The Kier molecular flexibility index (Phi) is 6.50. The Morgan fingerprint density at radius 2 is 1.84 bits per heavy atom. The van der Waals surface area contributed by atoms with Gasteiger partial charge in [0.05, 0.1) is 17.0 Å². The normalized spacial score (nSPS) is 21.4. The number of hydrogen-bond donors (Lipinski definition) is 2. The van der Waals surface area contributed by atoms with Crippen LogP contribution in [0.15, 0.2) is 47.8 Å². The molecule has 1 aromatic carbocycles. The molecule has 0 unspecified atom stereocenters. The Balaban J connectivity index is 1.12. The van der Waals surface area contributed by atoms with Gasteiger partial charge < -0.3 is 20.1 Å². The molecular weight excluding hydrogens is 488 g/mol. The number of piperazine rings is 1. The summed E-state index contributed by atoms with van der Waals surface area (Å²) >= 11 is 6.18. The molecule has 0 saturated carbocycles. The third-order valence-electron chi connectivity index (χ3n) is 8.07. The number of anilines is 1. The van der Waals surface area contributed by atoms with Crippen LogP contribution < -0.4 is 10.2 Å². The molecule has 3 aliphatic heterocycles. The lowest BCUT2D eigenvalue weighted by atomic mass is 9.95. The van der Waals surface area contributed by atoms with Gasteiger partial charge >= 0.3 is 0 Å². The maximum absolute atomic E-state index is 11.7. The number of aliphatic imine (C=N–C) groups is 1. The summed E-state index contributed by atoms with van der Waals surface area (Å²) in [6, 6.07) is 10.2. The van der Waals surface area contributed by atoms with Crippen LogP contribution in [-0.2, 0) is 4.79 Å². The summed E-state index contributed by atoms with van der Waals surface area (Å²) in [5, 5.41) is 5.47. The Hall–Kier alpha value is -3.17. The van der Waals surface area contributed by atoms with Gasteiger partial charge in [-0.3, -0.25) is 14.7 Å². The lowest BCUT2D eigenvalue weighted by molar-refractivity contribution is -0.130. The minimum atomic E-state index is -0.00141. The lowest BCUT2D eigenvalue weighted by Crippen LogP contribution is -2.48. The quantitative estimate of drug-likeness (QED) is 0.484. The number of halogens is 1. The molecule has 5 heterocycles. The number of aromatic amines is 1. The molecule has 0 bridgehead atoms. The van der Waals surface area contributed by atoms with Crippen molar-refractivity contribution < 1.29 is 4.79 Å². The van der Waals surface area contributed by atoms with Crippen molar-refractivity contribution >= 4 is 40.2 Å². The first-order valence-corrected chi connectivity index (χ1v) is 13.5. The lowest BCUT2D eigenvalue weighted by Gasteiger charge is -2.34. The minimum absolute atomic E-state index is 0.00141. The van der Waals surface area contributed by atoms with E-state index in [1.54, 1.807) is 13.3 Å². The molecule has 0 radical (unpaired) electrons. The number of hydrogen-bond acceptors (Lipinski definition) is 6. The predicted molar refractivity (Wildman–Crippen MR) is 146 cm³/mol. The second-order valence-corrected chi connectivity index (χ2v) is 10.7. The number of rotatable bonds is 6. The first-order chi connectivity index (χ1) is 18.0. The maximum atomic E-state index is 11.7. The fourth-order valence-electron chi connectivity index (χ4n) is 5.66. The van der Waals surface area contributed by atoms with Crippen molar-refractivity contribution in [2.75, 3.05) is 50.7 Å². The van der Waals surface area contributed by atoms with Crippen molar-refractivity contribution in [2.45, 2.75) is 37.8 Å². The van der Waals surface area contributed by atoms with Gasteiger partial charge in [0.2, 0.25) is 5.91 Å². The van der Waals surface area contributed by atoms with Gasteiger partial charge in [-0.15, -0.1) is 0 Å². The molecule has 3 aromatic rings. The minimum Gasteiger partial charge on any atom is -0.359 e. The summed E-state index contributed by atoms with van der Waals surface area (Å²) in [5.74, 6) is 2.30. The van der Waals surface area contributed by atoms with Crippen LogP contribution in [-0.4, -0.2) is 87.8 Å². The van der Waals surface area contributed by atoms with Gasteiger partial charge in [0.15, 0.2) is 0 Å². The van der Waals surface area contributed by atoms with Gasteiger partial charge in [0.1, 0.15) is 23.6 Å². The van der Waals surface area contributed by atoms with Crippen LogP contribution in [0.2, 0.25) is 5.02 Å². The molecule has 10 heteroatoms. The third-order valence-corrected chi connectivity index (χ3v) is 8.33. The van der Waals surface area contributed by atoms with E-state index < -0.39 is 0 Å². The van der Waals surface area contributed by atoms with E-state index in [0.29, 0.717) is 0 Å². The fraction of sp³-hybridized carbons (Fsp3) is 0.481. The van der Waals surface area contributed by atoms with E-state index in [9.17, 15) is 4.79 Å². The number of nitrogens with zero attached hydrogens (tertiary/aromatic N) is 6. The highest BCUT2D eigenvalue weighted by atomic mass is 35.5. The van der Waals surface area contributed by atoms with Crippen LogP contribution in [0.1, 0.15) is 37.8 Å². The second kappa shape index (κ2) is 9.95. The zero-order chi connectivity index (χ0) is 25.4. The molecular formula is C27H33ClN8O. The van der Waals surface area contributed by atoms with Gasteiger partial charge in [-0.05, 0) is 43.0 Å². The summed E-state index contributed by atoms with van der Waals surface area (Å²) < 4.78 is 0. The fourth-order valence-corrected chi connectivity index (χ4v) is 5.79. The molecule has 6 rings (SSSR count). The van der Waals surface area contributed by atoms with Gasteiger partial charge in [-0.2, -0.15) is 0 Å². The van der Waals surface area contributed by atoms with Crippen molar-refractivity contribution in [3.8, 4) is 0 Å². The van der Waals surface area contributed by atoms with Crippen molar-refractivity contribution in [1.82, 2.24) is 30.1 Å². The first kappa shape index (κ1) is 24.2. The summed E-state index contributed by atoms with van der Waals surface area (Å²) in [4.78, 5) is 35.7. The number of H-pyrrole nitrogens is 1. The highest BCUT2D eigenvalue weighted by Gasteiger charge is 2.52. The molecule has 1 spiro atoms. The van der Waals surface area contributed by atoms with Crippen LogP contribution in [0.4, 0.5) is 5.82 Å². The molecule has 9 nitrogen and oxygen atoms in total. The predicted octanol–water partition coefficient (Wildman–Crippen LogP) is 3.25. The van der Waals surface area contributed by atoms with E-state index in [2.05, 4.69) is 42.2 Å². The Morgan fingerprint density at radius 1 is 1.08 bits per heavy atom. The number of aromatic nitrogens is 3. The first-order valence-electron chi connectivity index (χ1n) is 13.1. The molecule has 3 aliphatic rings. The Labute approximate surface area is 221 Å². The molecule has 2 N–H and O–H groups in total. The Morgan fingerprint density at radius 3 is 2.57 bits per heavy atom. The van der Waals surface area contributed by atoms with E-state index in [4.69, 9.17) is 16.6 Å². The van der Waals surface area contributed by atoms with E-state index in [-0.39, 0.29) is 17.5 Å². The largest absolute Gasteiger partial charge is 0.359 e. The van der Waals surface area contributed by atoms with Crippen LogP contribution in [0, 0.1) is 0 Å². The van der Waals surface area contributed by atoms with Crippen LogP contribution in [0.5, 0.6) is 0 Å². The standard InChI is InChI=1S/C27H33ClN8O/c1-19(37)35-16-14-34(15-17-35)11-7-23(20-2-4-21(28)5-3-20)32-26-27(33-26)8-12-36(13-9-27)25-22-6-10-29-24(22)30-18-31-25/h2-6,10,18,23H,7-9,11-17H2,1H3,(H,32,33)(H,29,30,31)/t23-/m0/s1. The summed E-state index contributed by atoms with van der Waals surface area (Å²) in [6.45, 7) is 7.90. The van der Waals surface area contributed by atoms with Gasteiger partial charge in [-0.25, -0.2) is 9.97 Å².